The van der Waals surface area contributed by atoms with Crippen molar-refractivity contribution in [3.8, 4) is 0 Å². The van der Waals surface area contributed by atoms with Crippen LogP contribution in [0.15, 0.2) is 0 Å². The number of nitrogens with one attached hydrogen (secondary N) is 1. The predicted octanol–water partition coefficient (Wildman–Crippen LogP) is -0.330. The highest BCUT2D eigenvalue weighted by molar-refractivity contribution is 5.96. The fourth-order valence-electron chi connectivity index (χ4n) is 1.70. The average Bonchev–Trinajstić information content (AvgIpc) is 2.07. The van der Waals surface area contributed by atoms with Crippen molar-refractivity contribution in [2.24, 2.45) is 11.5 Å². The maximum Gasteiger partial charge on any atom is 0.229 e. The van der Waals surface area contributed by atoms with Crippen LogP contribution in [-0.2, 0) is 9.59 Å². The lowest BCUT2D eigenvalue weighted by Crippen LogP contribution is -2.41. The maximum absolute atomic E-state index is 11.2. The molecule has 1 saturated carbocycles. The summed E-state index contributed by atoms with van der Waals surface area (Å²) in [5, 5.41) is 2.78. The van der Waals surface area contributed by atoms with Gasteiger partial charge in [0, 0.05) is 12.1 Å². The summed E-state index contributed by atoms with van der Waals surface area (Å²) in [6, 6.07) is 0.431. The van der Waals surface area contributed by atoms with E-state index in [4.69, 9.17) is 11.5 Å². The molecule has 2 amide bonds. The molecule has 0 spiro atoms. The minimum absolute atomic E-state index is 0. The van der Waals surface area contributed by atoms with E-state index in [1.54, 1.807) is 0 Å². The number of hydrogen-bond acceptors (Lipinski definition) is 3. The number of nitrogens with two attached hydrogens (primary N) is 2. The van der Waals surface area contributed by atoms with E-state index in [9.17, 15) is 9.59 Å². The molecule has 1 aliphatic rings. The molecule has 1 fully saturated rings. The Balaban J connectivity index is 0.00000196. The molecular weight excluding hydrogens is 218 g/mol. The van der Waals surface area contributed by atoms with Gasteiger partial charge < -0.3 is 16.8 Å². The smallest absolute Gasteiger partial charge is 0.229 e. The van der Waals surface area contributed by atoms with Gasteiger partial charge in [0.2, 0.25) is 11.8 Å². The molecule has 1 aliphatic carbocycles. The highest BCUT2D eigenvalue weighted by Crippen LogP contribution is 2.16. The summed E-state index contributed by atoms with van der Waals surface area (Å²) in [6.45, 7) is 0. The molecular formula is C9H18ClN3O2. The first-order valence-corrected chi connectivity index (χ1v) is 4.91. The van der Waals surface area contributed by atoms with Crippen LogP contribution in [0.1, 0.15) is 32.1 Å². The van der Waals surface area contributed by atoms with E-state index in [2.05, 4.69) is 5.32 Å². The lowest BCUT2D eigenvalue weighted by atomic mass is 9.92. The van der Waals surface area contributed by atoms with E-state index < -0.39 is 5.91 Å². The van der Waals surface area contributed by atoms with Gasteiger partial charge in [0.15, 0.2) is 0 Å². The quantitative estimate of drug-likeness (QED) is 0.584. The van der Waals surface area contributed by atoms with Crippen molar-refractivity contribution in [1.29, 1.82) is 0 Å². The minimum Gasteiger partial charge on any atom is -0.369 e. The summed E-state index contributed by atoms with van der Waals surface area (Å²) in [5.41, 5.74) is 10.6. The molecule has 5 N–H and O–H groups in total. The summed E-state index contributed by atoms with van der Waals surface area (Å²) in [5.74, 6) is -0.868. The zero-order chi connectivity index (χ0) is 10.6. The van der Waals surface area contributed by atoms with Crippen LogP contribution in [0, 0.1) is 0 Å². The van der Waals surface area contributed by atoms with Gasteiger partial charge in [-0.2, -0.15) is 0 Å². The largest absolute Gasteiger partial charge is 0.369 e. The van der Waals surface area contributed by atoms with Gasteiger partial charge >= 0.3 is 0 Å². The number of primary amides is 1. The van der Waals surface area contributed by atoms with Gasteiger partial charge in [-0.05, 0) is 25.7 Å². The molecule has 1 rings (SSSR count). The molecule has 0 atom stereocenters. The normalized spacial score (nSPS) is 25.1. The van der Waals surface area contributed by atoms with Crippen LogP contribution >= 0.6 is 12.4 Å². The van der Waals surface area contributed by atoms with Gasteiger partial charge in [0.05, 0.1) is 0 Å². The number of carbonyl (C=O) groups is 2. The molecule has 5 nitrogen and oxygen atoms in total. The topological polar surface area (TPSA) is 98.2 Å². The van der Waals surface area contributed by atoms with Gasteiger partial charge in [-0.1, -0.05) is 0 Å². The first-order valence-electron chi connectivity index (χ1n) is 4.91. The Labute approximate surface area is 95.4 Å². The van der Waals surface area contributed by atoms with E-state index in [0.29, 0.717) is 0 Å². The van der Waals surface area contributed by atoms with Crippen LogP contribution in [0.2, 0.25) is 0 Å². The Morgan fingerprint density at radius 2 is 1.73 bits per heavy atom. The zero-order valence-electron chi connectivity index (χ0n) is 8.57. The Morgan fingerprint density at radius 3 is 2.20 bits per heavy atom. The standard InChI is InChI=1S/C9H17N3O2.ClH/c10-6-1-3-7(4-2-6)12-9(14)5-8(11)13;/h6-7H,1-5,10H2,(H2,11,13)(H,12,14);1H. The second kappa shape index (κ2) is 6.63. The van der Waals surface area contributed by atoms with Gasteiger partial charge in [-0.15, -0.1) is 12.4 Å². The van der Waals surface area contributed by atoms with E-state index in [1.807, 2.05) is 0 Å². The van der Waals surface area contributed by atoms with Gasteiger partial charge in [-0.25, -0.2) is 0 Å². The third-order valence-electron chi connectivity index (χ3n) is 2.47. The van der Waals surface area contributed by atoms with Crippen LogP contribution in [0.4, 0.5) is 0 Å². The Kier molecular flexibility index (Phi) is 6.27. The van der Waals surface area contributed by atoms with E-state index >= 15 is 0 Å². The van der Waals surface area contributed by atoms with Crippen molar-refractivity contribution in [2.75, 3.05) is 0 Å². The molecule has 0 unspecified atom stereocenters. The third kappa shape index (κ3) is 5.59. The Morgan fingerprint density at radius 1 is 1.20 bits per heavy atom. The van der Waals surface area contributed by atoms with Crippen LogP contribution in [0.5, 0.6) is 0 Å². The van der Waals surface area contributed by atoms with Crippen molar-refractivity contribution in [3.05, 3.63) is 0 Å². The van der Waals surface area contributed by atoms with Crippen LogP contribution in [-0.4, -0.2) is 23.9 Å². The summed E-state index contributed by atoms with van der Waals surface area (Å²) < 4.78 is 0. The highest BCUT2D eigenvalue weighted by Gasteiger charge is 2.20. The predicted molar refractivity (Wildman–Crippen MR) is 59.4 cm³/mol. The Bertz CT molecular complexity index is 227. The summed E-state index contributed by atoms with van der Waals surface area (Å²) in [6.07, 6.45) is 3.43. The Hall–Kier alpha value is -0.810. The second-order valence-electron chi connectivity index (χ2n) is 3.82. The first-order chi connectivity index (χ1) is 6.58. The van der Waals surface area contributed by atoms with Crippen LogP contribution in [0.25, 0.3) is 0 Å². The molecule has 0 heterocycles. The average molecular weight is 236 g/mol. The first kappa shape index (κ1) is 14.2. The molecule has 0 bridgehead atoms. The maximum atomic E-state index is 11.2. The third-order valence-corrected chi connectivity index (χ3v) is 2.47. The molecule has 0 aromatic heterocycles. The molecule has 0 aromatic carbocycles. The minimum atomic E-state index is -0.588. The fourth-order valence-corrected chi connectivity index (χ4v) is 1.70. The van der Waals surface area contributed by atoms with E-state index in [1.165, 1.54) is 0 Å². The lowest BCUT2D eigenvalue weighted by Gasteiger charge is -2.26. The van der Waals surface area contributed by atoms with Crippen LogP contribution < -0.4 is 16.8 Å². The molecule has 6 heteroatoms. The lowest BCUT2D eigenvalue weighted by molar-refractivity contribution is -0.128. The summed E-state index contributed by atoms with van der Waals surface area (Å²) >= 11 is 0. The van der Waals surface area contributed by atoms with Crippen molar-refractivity contribution >= 4 is 24.2 Å². The van der Waals surface area contributed by atoms with Crippen molar-refractivity contribution in [2.45, 2.75) is 44.2 Å². The number of rotatable bonds is 3. The summed E-state index contributed by atoms with van der Waals surface area (Å²) in [4.78, 5) is 21.6. The van der Waals surface area contributed by atoms with E-state index in [0.717, 1.165) is 25.7 Å². The second-order valence-corrected chi connectivity index (χ2v) is 3.82. The number of carbonyl (C=O) groups excluding carboxylic acids is 2. The van der Waals surface area contributed by atoms with Crippen molar-refractivity contribution in [1.82, 2.24) is 5.32 Å². The molecule has 0 aromatic rings. The van der Waals surface area contributed by atoms with Crippen LogP contribution in [0.3, 0.4) is 0 Å². The van der Waals surface area contributed by atoms with Crippen molar-refractivity contribution < 1.29 is 9.59 Å². The molecule has 0 radical (unpaired) electrons. The summed E-state index contributed by atoms with van der Waals surface area (Å²) in [7, 11) is 0. The van der Waals surface area contributed by atoms with Gasteiger partial charge in [-0.3, -0.25) is 9.59 Å². The van der Waals surface area contributed by atoms with E-state index in [-0.39, 0.29) is 36.8 Å². The molecule has 15 heavy (non-hydrogen) atoms. The fraction of sp³-hybridized carbons (Fsp3) is 0.778. The number of hydrogen-bond donors (Lipinski definition) is 3. The zero-order valence-corrected chi connectivity index (χ0v) is 9.39. The monoisotopic (exact) mass is 235 g/mol. The molecule has 0 aliphatic heterocycles. The van der Waals surface area contributed by atoms with Crippen molar-refractivity contribution in [3.63, 3.8) is 0 Å². The molecule has 88 valence electrons. The highest BCUT2D eigenvalue weighted by atomic mass is 35.5. The van der Waals surface area contributed by atoms with Gasteiger partial charge in [0.1, 0.15) is 6.42 Å². The number of halogens is 1. The molecule has 0 saturated heterocycles. The van der Waals surface area contributed by atoms with Gasteiger partial charge in [0.25, 0.3) is 0 Å². The number of amides is 2. The SMILES string of the molecule is Cl.NC(=O)CC(=O)NC1CCC(N)CC1.